The van der Waals surface area contributed by atoms with Crippen LogP contribution >= 0.6 is 0 Å². The Hall–Kier alpha value is -4.78. The van der Waals surface area contributed by atoms with Gasteiger partial charge in [-0.25, -0.2) is 0 Å². The van der Waals surface area contributed by atoms with Crippen molar-refractivity contribution in [2.24, 2.45) is 0 Å². The standard InChI is InChI=1S/C14H12O3.C7H8O2.C6H6O2/c15-12-5-3-10(4-6-12)1-2-11-7-13(16)9-14(17)8-11;1-5-2-6(8)4-7(9)3-5;7-5-2-1-3-6(8)4-5/h1-9,15-17H;2-4,8-9H,1H3;1-4,7-8H. The van der Waals surface area contributed by atoms with Gasteiger partial charge in [0.15, 0.2) is 0 Å². The third-order valence-electron chi connectivity index (χ3n) is 4.16. The minimum Gasteiger partial charge on any atom is -0.508 e. The Labute approximate surface area is 197 Å². The molecule has 0 aliphatic rings. The van der Waals surface area contributed by atoms with Gasteiger partial charge in [-0.1, -0.05) is 30.4 Å². The van der Waals surface area contributed by atoms with E-state index in [0.29, 0.717) is 5.56 Å². The van der Waals surface area contributed by atoms with Crippen LogP contribution in [-0.2, 0) is 0 Å². The zero-order valence-corrected chi connectivity index (χ0v) is 18.4. The fraction of sp³-hybridized carbons (Fsp3) is 0.0370. The topological polar surface area (TPSA) is 142 Å². The lowest BCUT2D eigenvalue weighted by Crippen LogP contribution is -1.74. The van der Waals surface area contributed by atoms with Crippen molar-refractivity contribution in [2.75, 3.05) is 0 Å². The fourth-order valence-corrected chi connectivity index (χ4v) is 2.73. The number of phenolic OH excluding ortho intramolecular Hbond substituents is 7. The second-order valence-corrected chi connectivity index (χ2v) is 7.25. The predicted molar refractivity (Wildman–Crippen MR) is 131 cm³/mol. The molecule has 7 nitrogen and oxygen atoms in total. The molecule has 7 N–H and O–H groups in total. The van der Waals surface area contributed by atoms with Gasteiger partial charge in [-0.05, 0) is 72.1 Å². The minimum atomic E-state index is 0.0235. The van der Waals surface area contributed by atoms with E-state index in [1.807, 2.05) is 6.08 Å². The van der Waals surface area contributed by atoms with E-state index in [-0.39, 0.29) is 40.2 Å². The van der Waals surface area contributed by atoms with Crippen molar-refractivity contribution in [2.45, 2.75) is 6.92 Å². The van der Waals surface area contributed by atoms with Gasteiger partial charge in [0.25, 0.3) is 0 Å². The van der Waals surface area contributed by atoms with Crippen LogP contribution in [0, 0.1) is 6.92 Å². The zero-order valence-electron chi connectivity index (χ0n) is 18.4. The quantitative estimate of drug-likeness (QED) is 0.196. The molecule has 4 aromatic rings. The van der Waals surface area contributed by atoms with E-state index < -0.39 is 0 Å². The Kier molecular flexibility index (Phi) is 9.22. The first-order chi connectivity index (χ1) is 16.1. The Morgan fingerprint density at radius 3 is 1.24 bits per heavy atom. The number of phenols is 7. The van der Waals surface area contributed by atoms with Crippen LogP contribution < -0.4 is 0 Å². The fourth-order valence-electron chi connectivity index (χ4n) is 2.73. The van der Waals surface area contributed by atoms with Crippen LogP contribution in [-0.4, -0.2) is 35.7 Å². The van der Waals surface area contributed by atoms with Gasteiger partial charge >= 0.3 is 0 Å². The van der Waals surface area contributed by atoms with Crippen molar-refractivity contribution in [3.63, 3.8) is 0 Å². The molecule has 0 aliphatic carbocycles. The molecule has 0 saturated heterocycles. The summed E-state index contributed by atoms with van der Waals surface area (Å²) in [6.45, 7) is 1.80. The monoisotopic (exact) mass is 462 g/mol. The van der Waals surface area contributed by atoms with E-state index in [2.05, 4.69) is 0 Å². The van der Waals surface area contributed by atoms with E-state index in [1.165, 1.54) is 30.3 Å². The molecular formula is C27H26O7. The largest absolute Gasteiger partial charge is 0.508 e. The molecule has 0 bridgehead atoms. The molecule has 0 heterocycles. The third kappa shape index (κ3) is 9.57. The lowest BCUT2D eigenvalue weighted by Gasteiger charge is -1.98. The zero-order chi connectivity index (χ0) is 25.1. The van der Waals surface area contributed by atoms with E-state index in [9.17, 15) is 10.2 Å². The molecule has 0 aliphatic heterocycles. The maximum absolute atomic E-state index is 9.30. The maximum atomic E-state index is 9.30. The van der Waals surface area contributed by atoms with Crippen molar-refractivity contribution < 1.29 is 35.7 Å². The molecule has 0 fully saturated rings. The lowest BCUT2D eigenvalue weighted by molar-refractivity contribution is 0.449. The molecule has 176 valence electrons. The highest BCUT2D eigenvalue weighted by molar-refractivity contribution is 5.71. The molecule has 4 rings (SSSR count). The molecule has 4 aromatic carbocycles. The smallest absolute Gasteiger partial charge is 0.119 e. The van der Waals surface area contributed by atoms with Gasteiger partial charge in [0.05, 0.1) is 0 Å². The summed E-state index contributed by atoms with van der Waals surface area (Å²) >= 11 is 0. The highest BCUT2D eigenvalue weighted by atomic mass is 16.3. The van der Waals surface area contributed by atoms with Crippen molar-refractivity contribution in [3.8, 4) is 40.2 Å². The number of benzene rings is 4. The van der Waals surface area contributed by atoms with E-state index in [4.69, 9.17) is 25.5 Å². The summed E-state index contributed by atoms with van der Waals surface area (Å²) in [6.07, 6.45) is 3.60. The SMILES string of the molecule is Cc1cc(O)cc(O)c1.Oc1ccc(C=Cc2cc(O)cc(O)c2)cc1.Oc1cccc(O)c1. The Morgan fingerprint density at radius 2 is 0.824 bits per heavy atom. The van der Waals surface area contributed by atoms with Crippen LogP contribution in [0.15, 0.2) is 84.9 Å². The van der Waals surface area contributed by atoms with E-state index in [1.54, 1.807) is 67.6 Å². The normalized spacial score (nSPS) is 10.0. The summed E-state index contributed by atoms with van der Waals surface area (Å²) in [7, 11) is 0. The summed E-state index contributed by atoms with van der Waals surface area (Å²) in [5.41, 5.74) is 2.48. The molecule has 0 amide bonds. The second kappa shape index (κ2) is 12.3. The molecular weight excluding hydrogens is 436 g/mol. The number of hydrogen-bond donors (Lipinski definition) is 7. The number of aromatic hydroxyl groups is 7. The average molecular weight is 462 g/mol. The van der Waals surface area contributed by atoms with Gasteiger partial charge in [0.1, 0.15) is 40.2 Å². The van der Waals surface area contributed by atoms with Crippen LogP contribution in [0.3, 0.4) is 0 Å². The number of aryl methyl sites for hydroxylation is 1. The van der Waals surface area contributed by atoms with Gasteiger partial charge in [-0.15, -0.1) is 0 Å². The van der Waals surface area contributed by atoms with Crippen LogP contribution in [0.25, 0.3) is 12.2 Å². The Bertz CT molecular complexity index is 1140. The second-order valence-electron chi connectivity index (χ2n) is 7.25. The van der Waals surface area contributed by atoms with E-state index in [0.717, 1.165) is 11.1 Å². The van der Waals surface area contributed by atoms with Crippen molar-refractivity contribution in [1.82, 2.24) is 0 Å². The molecule has 7 heteroatoms. The summed E-state index contributed by atoms with van der Waals surface area (Å²) in [6, 6.07) is 21.4. The van der Waals surface area contributed by atoms with Gasteiger partial charge in [-0.2, -0.15) is 0 Å². The summed E-state index contributed by atoms with van der Waals surface area (Å²) in [4.78, 5) is 0. The molecule has 0 aromatic heterocycles. The highest BCUT2D eigenvalue weighted by Gasteiger charge is 1.96. The van der Waals surface area contributed by atoms with Gasteiger partial charge in [0.2, 0.25) is 0 Å². The van der Waals surface area contributed by atoms with Crippen LogP contribution in [0.2, 0.25) is 0 Å². The van der Waals surface area contributed by atoms with Crippen molar-refractivity contribution in [3.05, 3.63) is 102 Å². The minimum absolute atomic E-state index is 0.0235. The Balaban J connectivity index is 0.000000201. The third-order valence-corrected chi connectivity index (χ3v) is 4.16. The van der Waals surface area contributed by atoms with E-state index >= 15 is 0 Å². The first kappa shape index (κ1) is 25.5. The molecule has 0 spiro atoms. The van der Waals surface area contributed by atoms with Crippen molar-refractivity contribution in [1.29, 1.82) is 0 Å². The summed E-state index contributed by atoms with van der Waals surface area (Å²) in [5, 5.41) is 62.7. The number of hydrogen-bond acceptors (Lipinski definition) is 7. The molecule has 0 saturated carbocycles. The molecule has 0 radical (unpaired) electrons. The predicted octanol–water partition coefficient (Wildman–Crippen LogP) is 5.48. The first-order valence-corrected chi connectivity index (χ1v) is 10.1. The van der Waals surface area contributed by atoms with Gasteiger partial charge < -0.3 is 35.7 Å². The summed E-state index contributed by atoms with van der Waals surface area (Å²) in [5.74, 6) is 0.651. The highest BCUT2D eigenvalue weighted by Crippen LogP contribution is 2.22. The van der Waals surface area contributed by atoms with Gasteiger partial charge in [0, 0.05) is 18.2 Å². The lowest BCUT2D eigenvalue weighted by atomic mass is 10.1. The maximum Gasteiger partial charge on any atom is 0.119 e. The van der Waals surface area contributed by atoms with Crippen LogP contribution in [0.4, 0.5) is 0 Å². The molecule has 0 atom stereocenters. The Morgan fingerprint density at radius 1 is 0.412 bits per heavy atom. The molecule has 0 unspecified atom stereocenters. The first-order valence-electron chi connectivity index (χ1n) is 10.1. The van der Waals surface area contributed by atoms with Crippen LogP contribution in [0.1, 0.15) is 16.7 Å². The van der Waals surface area contributed by atoms with Crippen LogP contribution in [0.5, 0.6) is 40.2 Å². The van der Waals surface area contributed by atoms with Gasteiger partial charge in [-0.3, -0.25) is 0 Å². The number of rotatable bonds is 2. The average Bonchev–Trinajstić information content (AvgIpc) is 2.72. The van der Waals surface area contributed by atoms with Crippen molar-refractivity contribution >= 4 is 12.2 Å². The summed E-state index contributed by atoms with van der Waals surface area (Å²) < 4.78 is 0. The molecule has 34 heavy (non-hydrogen) atoms.